The predicted molar refractivity (Wildman–Crippen MR) is 121 cm³/mol. The van der Waals surface area contributed by atoms with E-state index in [-0.39, 0.29) is 12.5 Å². The van der Waals surface area contributed by atoms with Crippen LogP contribution in [0.15, 0.2) is 30.3 Å². The molecular formula is C22H33N3O5S. The first kappa shape index (κ1) is 24.8. The number of alkyl carbamates (subject to hydrolysis) is 2. The molecule has 1 heterocycles. The summed E-state index contributed by atoms with van der Waals surface area (Å²) in [7, 11) is 0. The monoisotopic (exact) mass is 451 g/mol. The fourth-order valence-corrected chi connectivity index (χ4v) is 3.91. The quantitative estimate of drug-likeness (QED) is 0.558. The van der Waals surface area contributed by atoms with E-state index < -0.39 is 23.8 Å². The van der Waals surface area contributed by atoms with E-state index in [1.165, 1.54) is 0 Å². The van der Waals surface area contributed by atoms with Gasteiger partial charge in [-0.2, -0.15) is 0 Å². The molecule has 0 aliphatic carbocycles. The third-order valence-electron chi connectivity index (χ3n) is 4.46. The number of hydrogen-bond donors (Lipinski definition) is 2. The molecule has 0 unspecified atom stereocenters. The molecule has 0 saturated carbocycles. The van der Waals surface area contributed by atoms with E-state index >= 15 is 0 Å². The number of unbranched alkanes of at least 4 members (excludes halogenated alkanes) is 1. The first-order valence-corrected chi connectivity index (χ1v) is 11.7. The highest BCUT2D eigenvalue weighted by Gasteiger charge is 2.28. The SMILES string of the molecule is CC(C)(C)OC(=O)NCCCC[C@H](NC(=O)OCc1ccccc1)C(=O)N1CCSC1. The Morgan fingerprint density at radius 3 is 2.52 bits per heavy atom. The second kappa shape index (κ2) is 12.4. The van der Waals surface area contributed by atoms with Gasteiger partial charge in [-0.05, 0) is 45.6 Å². The summed E-state index contributed by atoms with van der Waals surface area (Å²) in [4.78, 5) is 38.6. The Bertz CT molecular complexity index is 718. The summed E-state index contributed by atoms with van der Waals surface area (Å²) in [5.74, 6) is 1.44. The molecule has 1 aromatic rings. The van der Waals surface area contributed by atoms with Gasteiger partial charge in [0.15, 0.2) is 0 Å². The molecule has 0 spiro atoms. The number of thioether (sulfide) groups is 1. The van der Waals surface area contributed by atoms with E-state index in [9.17, 15) is 14.4 Å². The van der Waals surface area contributed by atoms with Crippen LogP contribution in [0.5, 0.6) is 0 Å². The lowest BCUT2D eigenvalue weighted by atomic mass is 10.1. The van der Waals surface area contributed by atoms with E-state index in [0.717, 1.165) is 11.3 Å². The van der Waals surface area contributed by atoms with E-state index in [2.05, 4.69) is 10.6 Å². The maximum absolute atomic E-state index is 12.8. The van der Waals surface area contributed by atoms with Crippen LogP contribution in [-0.2, 0) is 20.9 Å². The summed E-state index contributed by atoms with van der Waals surface area (Å²) in [5.41, 5.74) is 0.337. The molecule has 1 aliphatic heterocycles. The molecule has 8 nitrogen and oxygen atoms in total. The standard InChI is InChI=1S/C22H33N3O5S/c1-22(2,3)30-20(27)23-12-8-7-11-18(19(26)25-13-14-31-16-25)24-21(28)29-15-17-9-5-4-6-10-17/h4-6,9-10,18H,7-8,11-16H2,1-3H3,(H,23,27)(H,24,28)/t18-/m0/s1. The van der Waals surface area contributed by atoms with E-state index in [0.29, 0.717) is 38.2 Å². The fraction of sp³-hybridized carbons (Fsp3) is 0.591. The number of nitrogens with one attached hydrogen (secondary N) is 2. The third-order valence-corrected chi connectivity index (χ3v) is 5.42. The second-order valence-electron chi connectivity index (χ2n) is 8.32. The zero-order valence-corrected chi connectivity index (χ0v) is 19.3. The number of carbonyl (C=O) groups is 3. The first-order chi connectivity index (χ1) is 14.7. The maximum Gasteiger partial charge on any atom is 0.408 e. The number of hydrogen-bond acceptors (Lipinski definition) is 6. The van der Waals surface area contributed by atoms with Crippen LogP contribution in [0.3, 0.4) is 0 Å². The van der Waals surface area contributed by atoms with Crippen molar-refractivity contribution in [1.29, 1.82) is 0 Å². The highest BCUT2D eigenvalue weighted by atomic mass is 32.2. The summed E-state index contributed by atoms with van der Waals surface area (Å²) in [6.07, 6.45) is 0.721. The van der Waals surface area contributed by atoms with Gasteiger partial charge < -0.3 is 25.0 Å². The van der Waals surface area contributed by atoms with Gasteiger partial charge in [0.25, 0.3) is 0 Å². The summed E-state index contributed by atoms with van der Waals surface area (Å²) in [6.45, 7) is 6.69. The molecule has 9 heteroatoms. The summed E-state index contributed by atoms with van der Waals surface area (Å²) in [5, 5.41) is 5.43. The van der Waals surface area contributed by atoms with Crippen molar-refractivity contribution in [2.24, 2.45) is 0 Å². The molecule has 0 aromatic heterocycles. The van der Waals surface area contributed by atoms with Gasteiger partial charge in [0, 0.05) is 18.8 Å². The van der Waals surface area contributed by atoms with Crippen LogP contribution in [0.2, 0.25) is 0 Å². The van der Waals surface area contributed by atoms with Gasteiger partial charge in [-0.15, -0.1) is 11.8 Å². The summed E-state index contributed by atoms with van der Waals surface area (Å²) in [6, 6.07) is 8.73. The van der Waals surface area contributed by atoms with Crippen LogP contribution in [0.4, 0.5) is 9.59 Å². The minimum absolute atomic E-state index is 0.0956. The largest absolute Gasteiger partial charge is 0.445 e. The molecule has 172 valence electrons. The van der Waals surface area contributed by atoms with Crippen molar-refractivity contribution in [2.45, 2.75) is 58.3 Å². The number of nitrogens with zero attached hydrogens (tertiary/aromatic N) is 1. The molecule has 3 amide bonds. The van der Waals surface area contributed by atoms with Gasteiger partial charge in [0.1, 0.15) is 18.2 Å². The van der Waals surface area contributed by atoms with Crippen molar-refractivity contribution in [2.75, 3.05) is 24.7 Å². The fourth-order valence-electron chi connectivity index (χ4n) is 2.95. The Morgan fingerprint density at radius 1 is 1.13 bits per heavy atom. The van der Waals surface area contributed by atoms with E-state index in [4.69, 9.17) is 9.47 Å². The highest BCUT2D eigenvalue weighted by molar-refractivity contribution is 7.99. The Morgan fingerprint density at radius 2 is 1.87 bits per heavy atom. The molecule has 1 atom stereocenters. The third kappa shape index (κ3) is 9.95. The Hall–Kier alpha value is -2.42. The van der Waals surface area contributed by atoms with Gasteiger partial charge in [-0.25, -0.2) is 9.59 Å². The second-order valence-corrected chi connectivity index (χ2v) is 9.40. The number of ether oxygens (including phenoxy) is 2. The maximum atomic E-state index is 12.8. The predicted octanol–water partition coefficient (Wildman–Crippen LogP) is 3.51. The molecule has 1 saturated heterocycles. The van der Waals surface area contributed by atoms with Crippen LogP contribution >= 0.6 is 11.8 Å². The smallest absolute Gasteiger partial charge is 0.408 e. The normalized spacial score (nSPS) is 14.6. The average molecular weight is 452 g/mol. The minimum atomic E-state index is -0.650. The highest BCUT2D eigenvalue weighted by Crippen LogP contribution is 2.16. The number of amides is 3. The van der Waals surface area contributed by atoms with Crippen LogP contribution in [-0.4, -0.2) is 59.4 Å². The van der Waals surface area contributed by atoms with Gasteiger partial charge in [0.2, 0.25) is 5.91 Å². The Balaban J connectivity index is 1.79. The van der Waals surface area contributed by atoms with Crippen molar-refractivity contribution >= 4 is 29.9 Å². The molecule has 1 aliphatic rings. The average Bonchev–Trinajstić information content (AvgIpc) is 3.25. The Kier molecular flexibility index (Phi) is 9.97. The molecule has 31 heavy (non-hydrogen) atoms. The van der Waals surface area contributed by atoms with Gasteiger partial charge in [-0.3, -0.25) is 4.79 Å². The molecular weight excluding hydrogens is 418 g/mol. The van der Waals surface area contributed by atoms with Crippen LogP contribution in [0.1, 0.15) is 45.6 Å². The van der Waals surface area contributed by atoms with Crippen LogP contribution in [0.25, 0.3) is 0 Å². The molecule has 1 fully saturated rings. The Labute approximate surface area is 188 Å². The van der Waals surface area contributed by atoms with E-state index in [1.54, 1.807) is 16.7 Å². The zero-order chi connectivity index (χ0) is 22.7. The lowest BCUT2D eigenvalue weighted by Gasteiger charge is -2.23. The van der Waals surface area contributed by atoms with Crippen molar-refractivity contribution in [1.82, 2.24) is 15.5 Å². The topological polar surface area (TPSA) is 97.0 Å². The van der Waals surface area contributed by atoms with Crippen molar-refractivity contribution in [3.8, 4) is 0 Å². The summed E-state index contributed by atoms with van der Waals surface area (Å²) < 4.78 is 10.5. The zero-order valence-electron chi connectivity index (χ0n) is 18.5. The lowest BCUT2D eigenvalue weighted by Crippen LogP contribution is -2.48. The summed E-state index contributed by atoms with van der Waals surface area (Å²) >= 11 is 1.69. The molecule has 0 radical (unpaired) electrons. The minimum Gasteiger partial charge on any atom is -0.445 e. The first-order valence-electron chi connectivity index (χ1n) is 10.6. The van der Waals surface area contributed by atoms with E-state index in [1.807, 2.05) is 51.1 Å². The molecule has 2 N–H and O–H groups in total. The molecule has 2 rings (SSSR count). The van der Waals surface area contributed by atoms with Crippen molar-refractivity contribution < 1.29 is 23.9 Å². The van der Waals surface area contributed by atoms with Crippen molar-refractivity contribution in [3.05, 3.63) is 35.9 Å². The number of benzene rings is 1. The molecule has 0 bridgehead atoms. The lowest BCUT2D eigenvalue weighted by molar-refractivity contribution is -0.132. The van der Waals surface area contributed by atoms with Crippen LogP contribution in [0, 0.1) is 0 Å². The number of rotatable bonds is 9. The number of carbonyl (C=O) groups excluding carboxylic acids is 3. The van der Waals surface area contributed by atoms with Crippen LogP contribution < -0.4 is 10.6 Å². The van der Waals surface area contributed by atoms with Crippen molar-refractivity contribution in [3.63, 3.8) is 0 Å². The van der Waals surface area contributed by atoms with Gasteiger partial charge >= 0.3 is 12.2 Å². The van der Waals surface area contributed by atoms with Gasteiger partial charge in [-0.1, -0.05) is 30.3 Å². The van der Waals surface area contributed by atoms with Gasteiger partial charge in [0.05, 0.1) is 5.88 Å². The molecule has 1 aromatic carbocycles.